The molecule has 1 atom stereocenters. The summed E-state index contributed by atoms with van der Waals surface area (Å²) in [6.07, 6.45) is 34.2. The van der Waals surface area contributed by atoms with Crippen molar-refractivity contribution in [2.45, 2.75) is 173 Å². The van der Waals surface area contributed by atoms with Gasteiger partial charge in [0.1, 0.15) is 6.04 Å². The third-order valence-electron chi connectivity index (χ3n) is 7.33. The molecule has 0 amide bonds. The van der Waals surface area contributed by atoms with Crippen LogP contribution < -0.4 is 10.0 Å². The number of carbonyl (C=O) groups excluding carboxylic acids is 1. The smallest absolute Gasteiger partial charge is 0.127 e. The minimum atomic E-state index is -0.899. The Morgan fingerprint density at radius 3 is 0.970 bits per heavy atom. The molecule has 0 saturated heterocycles. The van der Waals surface area contributed by atoms with Crippen molar-refractivity contribution in [3.8, 4) is 0 Å². The second-order valence-electron chi connectivity index (χ2n) is 10.9. The normalized spacial score (nSPS) is 12.5. The summed E-state index contributed by atoms with van der Waals surface area (Å²) in [6, 6.07) is -0.343. The molecule has 0 saturated carbocycles. The number of hydrogen-bond donors (Lipinski definition) is 1. The fraction of sp³-hybridized carbons (Fsp3) is 0.967. The Bertz CT molecular complexity index is 397. The third-order valence-corrected chi connectivity index (χ3v) is 7.33. The van der Waals surface area contributed by atoms with Crippen molar-refractivity contribution >= 4 is 5.97 Å². The second-order valence-corrected chi connectivity index (χ2v) is 10.9. The first kappa shape index (κ1) is 32.4. The molecule has 0 aliphatic carbocycles. The maximum absolute atomic E-state index is 11.1. The van der Waals surface area contributed by atoms with E-state index in [2.05, 4.69) is 6.92 Å². The van der Waals surface area contributed by atoms with Crippen molar-refractivity contribution in [3.05, 3.63) is 0 Å². The first-order chi connectivity index (χ1) is 16.1. The topological polar surface area (TPSA) is 44.6 Å². The van der Waals surface area contributed by atoms with E-state index in [1.54, 1.807) is 0 Å². The van der Waals surface area contributed by atoms with Crippen molar-refractivity contribution in [3.63, 3.8) is 0 Å². The van der Waals surface area contributed by atoms with Gasteiger partial charge in [-0.3, -0.25) is 0 Å². The van der Waals surface area contributed by atoms with E-state index in [4.69, 9.17) is 0 Å². The molecule has 3 nitrogen and oxygen atoms in total. The van der Waals surface area contributed by atoms with E-state index in [1.165, 1.54) is 141 Å². The molecule has 0 heterocycles. The number of carboxylic acid groups (broad SMARTS) is 1. The highest BCUT2D eigenvalue weighted by molar-refractivity contribution is 5.69. The Balaban J connectivity index is 3.14. The van der Waals surface area contributed by atoms with Crippen LogP contribution >= 0.6 is 0 Å². The van der Waals surface area contributed by atoms with Gasteiger partial charge in [0.2, 0.25) is 0 Å². The van der Waals surface area contributed by atoms with Crippen molar-refractivity contribution < 1.29 is 14.8 Å². The molecule has 0 fully saturated rings. The molecule has 0 aromatic heterocycles. The Kier molecular flexibility index (Phi) is 25.6. The minimum absolute atomic E-state index is 0.343. The molecule has 0 aromatic carbocycles. The fourth-order valence-corrected chi connectivity index (χ4v) is 4.95. The van der Waals surface area contributed by atoms with Gasteiger partial charge in [-0.05, 0) is 6.42 Å². The van der Waals surface area contributed by atoms with Gasteiger partial charge in [-0.25, -0.2) is 0 Å². The van der Waals surface area contributed by atoms with Crippen molar-refractivity contribution in [1.82, 2.24) is 0 Å². The summed E-state index contributed by atoms with van der Waals surface area (Å²) in [5.41, 5.74) is 0. The first-order valence-electron chi connectivity index (χ1n) is 15.1. The average molecular weight is 468 g/mol. The highest BCUT2D eigenvalue weighted by atomic mass is 16.4. The number of carbonyl (C=O) groups is 1. The van der Waals surface area contributed by atoms with Crippen LogP contribution in [0.5, 0.6) is 0 Å². The molecule has 1 unspecified atom stereocenters. The summed E-state index contributed by atoms with van der Waals surface area (Å²) in [4.78, 5) is 12.0. The zero-order valence-electron chi connectivity index (χ0n) is 23.1. The van der Waals surface area contributed by atoms with E-state index in [9.17, 15) is 9.90 Å². The number of rotatable bonds is 27. The summed E-state index contributed by atoms with van der Waals surface area (Å²) in [6.45, 7) is 2.29. The Morgan fingerprint density at radius 1 is 0.515 bits per heavy atom. The predicted molar refractivity (Wildman–Crippen MR) is 143 cm³/mol. The summed E-state index contributed by atoms with van der Waals surface area (Å²) in [5, 5.41) is 11.1. The standard InChI is InChI=1S/C30H61NO2/c1-4-5-6-7-8-9-10-11-12-13-14-15-16-17-18-19-20-21-22-23-24-25-26-27-28-29(30(32)33)31(2)3/h29H,4-28H2,1-3H3,(H,32,33). The number of aliphatic carboxylic acids is 1. The number of quaternary nitrogens is 1. The molecule has 0 rings (SSSR count). The first-order valence-corrected chi connectivity index (χ1v) is 15.1. The Labute approximate surface area is 208 Å². The van der Waals surface area contributed by atoms with Crippen molar-refractivity contribution in [2.75, 3.05) is 14.1 Å². The van der Waals surface area contributed by atoms with Crippen LogP contribution in [0.4, 0.5) is 0 Å². The molecule has 0 aliphatic heterocycles. The van der Waals surface area contributed by atoms with Gasteiger partial charge in [0.25, 0.3) is 0 Å². The van der Waals surface area contributed by atoms with Crippen LogP contribution in [0, 0.1) is 0 Å². The summed E-state index contributed by atoms with van der Waals surface area (Å²) in [5.74, 6) is -0.899. The lowest BCUT2D eigenvalue weighted by Gasteiger charge is -2.21. The van der Waals surface area contributed by atoms with Gasteiger partial charge in [-0.1, -0.05) is 155 Å². The van der Waals surface area contributed by atoms with Gasteiger partial charge in [0.05, 0.1) is 20.1 Å². The van der Waals surface area contributed by atoms with Gasteiger partial charge in [-0.2, -0.15) is 0 Å². The van der Waals surface area contributed by atoms with Gasteiger partial charge in [0.15, 0.2) is 0 Å². The number of likely N-dealkylation sites (N-methyl/N-ethyl adjacent to an activating group) is 1. The highest BCUT2D eigenvalue weighted by Crippen LogP contribution is 2.15. The zero-order valence-corrected chi connectivity index (χ0v) is 23.1. The van der Waals surface area contributed by atoms with Crippen LogP contribution in [0.25, 0.3) is 0 Å². The summed E-state index contributed by atoms with van der Waals surface area (Å²) >= 11 is 0. The lowest BCUT2D eigenvalue weighted by molar-refractivity contribution is -0.879. The van der Waals surface area contributed by atoms with Crippen LogP contribution in [0.3, 0.4) is 0 Å². The quantitative estimate of drug-likeness (QED) is 0.132. The molecule has 0 spiro atoms. The summed E-state index contributed by atoms with van der Waals surface area (Å²) in [7, 11) is 3.81. The van der Waals surface area contributed by atoms with Gasteiger partial charge in [-0.15, -0.1) is 0 Å². The molecule has 1 N–H and O–H groups in total. The fourth-order valence-electron chi connectivity index (χ4n) is 4.95. The molecule has 0 bridgehead atoms. The molecule has 0 aromatic rings. The minimum Gasteiger partial charge on any atom is -0.544 e. The zero-order chi connectivity index (χ0) is 24.4. The molecule has 198 valence electrons. The second kappa shape index (κ2) is 26.0. The monoisotopic (exact) mass is 467 g/mol. The third kappa shape index (κ3) is 24.4. The van der Waals surface area contributed by atoms with Gasteiger partial charge < -0.3 is 14.8 Å². The molecule has 33 heavy (non-hydrogen) atoms. The maximum Gasteiger partial charge on any atom is 0.127 e. The van der Waals surface area contributed by atoms with E-state index < -0.39 is 5.97 Å². The van der Waals surface area contributed by atoms with E-state index in [1.807, 2.05) is 14.1 Å². The number of carboxylic acids is 1. The Hall–Kier alpha value is -0.570. The lowest BCUT2D eigenvalue weighted by Crippen LogP contribution is -3.11. The highest BCUT2D eigenvalue weighted by Gasteiger charge is 2.15. The molecular formula is C30H61NO2. The molecule has 0 radical (unpaired) electrons. The predicted octanol–water partition coefficient (Wildman–Crippen LogP) is 7.02. The Morgan fingerprint density at radius 2 is 0.758 bits per heavy atom. The van der Waals surface area contributed by atoms with E-state index in [-0.39, 0.29) is 6.04 Å². The van der Waals surface area contributed by atoms with Gasteiger partial charge in [0, 0.05) is 6.42 Å². The van der Waals surface area contributed by atoms with E-state index >= 15 is 0 Å². The lowest BCUT2D eigenvalue weighted by atomic mass is 10.0. The van der Waals surface area contributed by atoms with Crippen LogP contribution in [0.1, 0.15) is 167 Å². The van der Waals surface area contributed by atoms with Crippen LogP contribution in [-0.4, -0.2) is 26.1 Å². The number of nitrogens with one attached hydrogen (secondary N) is 1. The largest absolute Gasteiger partial charge is 0.544 e. The molecule has 3 heteroatoms. The SMILES string of the molecule is CCCCCCCCCCCCCCCCCCCCCCCCCCC(C(=O)[O-])[NH+](C)C. The molecule has 0 aliphatic rings. The van der Waals surface area contributed by atoms with Crippen molar-refractivity contribution in [1.29, 1.82) is 0 Å². The number of unbranched alkanes of at least 4 members (excludes halogenated alkanes) is 23. The summed E-state index contributed by atoms with van der Waals surface area (Å²) < 4.78 is 0. The van der Waals surface area contributed by atoms with Crippen LogP contribution in [-0.2, 0) is 4.79 Å². The molecular weight excluding hydrogens is 406 g/mol. The van der Waals surface area contributed by atoms with Crippen LogP contribution in [0.15, 0.2) is 0 Å². The average Bonchev–Trinajstić information content (AvgIpc) is 2.78. The maximum atomic E-state index is 11.1. The van der Waals surface area contributed by atoms with Crippen LogP contribution in [0.2, 0.25) is 0 Å². The number of hydrogen-bond acceptors (Lipinski definition) is 2. The van der Waals surface area contributed by atoms with E-state index in [0.717, 1.165) is 24.2 Å². The van der Waals surface area contributed by atoms with Gasteiger partial charge >= 0.3 is 0 Å². The van der Waals surface area contributed by atoms with E-state index in [0.29, 0.717) is 0 Å². The van der Waals surface area contributed by atoms with Crippen molar-refractivity contribution in [2.24, 2.45) is 0 Å².